The zero-order valence-electron chi connectivity index (χ0n) is 35.9. The van der Waals surface area contributed by atoms with Crippen LogP contribution in [0, 0.1) is 0 Å². The van der Waals surface area contributed by atoms with Crippen LogP contribution in [0.2, 0.25) is 5.02 Å². The van der Waals surface area contributed by atoms with Gasteiger partial charge in [0.15, 0.2) is 5.43 Å². The Morgan fingerprint density at radius 3 is 2.02 bits per heavy atom. The number of halogens is 1. The smallest absolute Gasteiger partial charge is 0.262 e. The molecule has 2 aliphatic heterocycles. The van der Waals surface area contributed by atoms with Crippen molar-refractivity contribution in [2.45, 2.75) is 32.7 Å². The summed E-state index contributed by atoms with van der Waals surface area (Å²) in [6.07, 6.45) is 0.115. The number of anilines is 1. The number of piperidine rings is 1. The minimum absolute atomic E-state index is 0.0397. The zero-order chi connectivity index (χ0) is 46.9. The molecule has 0 radical (unpaired) electrons. The zero-order valence-corrected chi connectivity index (χ0v) is 36.7. The van der Waals surface area contributed by atoms with Gasteiger partial charge in [0.1, 0.15) is 47.8 Å². The van der Waals surface area contributed by atoms with Gasteiger partial charge in [0.2, 0.25) is 23.6 Å². The van der Waals surface area contributed by atoms with Gasteiger partial charge in [-0.1, -0.05) is 11.6 Å². The van der Waals surface area contributed by atoms with Gasteiger partial charge in [-0.15, -0.1) is 0 Å². The number of amides is 6. The maximum Gasteiger partial charge on any atom is 0.262 e. The van der Waals surface area contributed by atoms with Crippen LogP contribution in [0.4, 0.5) is 5.69 Å². The molecule has 66 heavy (non-hydrogen) atoms. The Bertz CT molecular complexity index is 2770. The predicted octanol–water partition coefficient (Wildman–Crippen LogP) is 5.15. The van der Waals surface area contributed by atoms with E-state index < -0.39 is 35.6 Å². The van der Waals surface area contributed by atoms with Crippen LogP contribution in [0.5, 0.6) is 17.2 Å². The fraction of sp³-hybridized carbons (Fsp3) is 0.298. The summed E-state index contributed by atoms with van der Waals surface area (Å²) in [7, 11) is 0. The third kappa shape index (κ3) is 11.0. The van der Waals surface area contributed by atoms with E-state index in [9.17, 15) is 33.6 Å². The van der Waals surface area contributed by atoms with Crippen molar-refractivity contribution in [1.82, 2.24) is 10.2 Å². The van der Waals surface area contributed by atoms with Crippen LogP contribution in [0.15, 0.2) is 82.0 Å². The molecule has 3 heterocycles. The van der Waals surface area contributed by atoms with Gasteiger partial charge < -0.3 is 43.9 Å². The lowest BCUT2D eigenvalue weighted by molar-refractivity contribution is -0.136. The minimum atomic E-state index is -1.04. The molecule has 1 unspecified atom stereocenters. The first-order chi connectivity index (χ1) is 31.8. The largest absolute Gasteiger partial charge is 0.493 e. The Morgan fingerprint density at radius 1 is 0.758 bits per heavy atom. The van der Waals surface area contributed by atoms with Crippen molar-refractivity contribution in [3.63, 3.8) is 0 Å². The van der Waals surface area contributed by atoms with Crippen LogP contribution >= 0.6 is 11.6 Å². The molecule has 1 aromatic heterocycles. The highest BCUT2D eigenvalue weighted by atomic mass is 35.5. The number of fused-ring (bicyclic) bond motifs is 2. The van der Waals surface area contributed by atoms with E-state index in [1.54, 1.807) is 55.5 Å². The molecular weight excluding hydrogens is 880 g/mol. The van der Waals surface area contributed by atoms with E-state index in [0.717, 1.165) is 4.90 Å². The molecule has 6 amide bonds. The molecule has 1 saturated heterocycles. The molecule has 18 nitrogen and oxygen atoms in total. The average molecular weight is 925 g/mol. The van der Waals surface area contributed by atoms with Gasteiger partial charge >= 0.3 is 0 Å². The minimum Gasteiger partial charge on any atom is -0.493 e. The molecule has 0 bridgehead atoms. The molecule has 7 rings (SSSR count). The van der Waals surface area contributed by atoms with E-state index in [1.807, 2.05) is 0 Å². The second-order valence-corrected chi connectivity index (χ2v) is 15.3. The van der Waals surface area contributed by atoms with E-state index in [1.165, 1.54) is 31.2 Å². The monoisotopic (exact) mass is 924 g/mol. The summed E-state index contributed by atoms with van der Waals surface area (Å²) < 4.78 is 40.3. The Morgan fingerprint density at radius 2 is 1.39 bits per heavy atom. The number of nitrogens with two attached hydrogens (primary N) is 1. The number of benzene rings is 4. The summed E-state index contributed by atoms with van der Waals surface area (Å²) in [5.41, 5.74) is 7.70. The normalized spacial score (nSPS) is 14.6. The number of imide groups is 2. The van der Waals surface area contributed by atoms with E-state index in [0.29, 0.717) is 66.1 Å². The molecule has 0 aliphatic carbocycles. The van der Waals surface area contributed by atoms with Crippen LogP contribution in [0.1, 0.15) is 57.8 Å². The fourth-order valence-corrected chi connectivity index (χ4v) is 7.58. The van der Waals surface area contributed by atoms with Gasteiger partial charge in [-0.05, 0) is 79.6 Å². The number of nitrogens with one attached hydrogen (secondary N) is 2. The quantitative estimate of drug-likeness (QED) is 0.0638. The molecule has 19 heteroatoms. The topological polar surface area (TPSA) is 241 Å². The molecule has 0 spiro atoms. The van der Waals surface area contributed by atoms with Crippen LogP contribution in [0.3, 0.4) is 0 Å². The highest BCUT2D eigenvalue weighted by Gasteiger charge is 2.44. The van der Waals surface area contributed by atoms with Gasteiger partial charge in [0.05, 0.1) is 67.8 Å². The molecule has 4 aromatic carbocycles. The lowest BCUT2D eigenvalue weighted by atomic mass is 9.98. The predicted molar refractivity (Wildman–Crippen MR) is 239 cm³/mol. The second kappa shape index (κ2) is 21.2. The summed E-state index contributed by atoms with van der Waals surface area (Å²) in [4.78, 5) is 88.0. The number of ether oxygens (including phenoxy) is 6. The number of carbonyl (C=O) groups excluding carboxylic acids is 6. The van der Waals surface area contributed by atoms with Gasteiger partial charge in [0.25, 0.3) is 11.8 Å². The number of primary amides is 1. The number of carbonyl (C=O) groups is 6. The van der Waals surface area contributed by atoms with Crippen molar-refractivity contribution in [2.75, 3.05) is 64.8 Å². The standard InChI is InChI=1S/C47H45ClN4O14/c1-3-63-40-25-42-36(23-34(40)27-18-28(44(49)56)20-29(19-27)50-26(2)53)39(54)24-41(66-42)33-7-5-31(22-37(33)48)65-17-15-62-13-11-60-10-12-61-14-16-64-30-4-6-32-35(21-30)47(59)52(46(32)58)38-8-9-43(55)51-45(38)57/h4-7,18-25,38H,3,8-17H2,1-2H3,(H2,49,56)(H,50,53)(H,51,55,57). The third-order valence-electron chi connectivity index (χ3n) is 10.3. The van der Waals surface area contributed by atoms with Crippen molar-refractivity contribution in [3.8, 4) is 39.7 Å². The van der Waals surface area contributed by atoms with Crippen molar-refractivity contribution in [1.29, 1.82) is 0 Å². The number of hydrogen-bond donors (Lipinski definition) is 3. The maximum absolute atomic E-state index is 13.5. The van der Waals surface area contributed by atoms with E-state index >= 15 is 0 Å². The molecule has 1 fully saturated rings. The van der Waals surface area contributed by atoms with Gasteiger partial charge in [0, 0.05) is 47.9 Å². The average Bonchev–Trinajstić information content (AvgIpc) is 3.52. The van der Waals surface area contributed by atoms with Crippen molar-refractivity contribution >= 4 is 63.7 Å². The van der Waals surface area contributed by atoms with E-state index in [2.05, 4.69) is 10.6 Å². The van der Waals surface area contributed by atoms with Crippen LogP contribution in [-0.4, -0.2) is 106 Å². The number of nitrogens with zero attached hydrogens (tertiary/aromatic N) is 1. The molecule has 1 atom stereocenters. The van der Waals surface area contributed by atoms with E-state index in [-0.39, 0.29) is 95.7 Å². The fourth-order valence-electron chi connectivity index (χ4n) is 7.32. The molecule has 5 aromatic rings. The second-order valence-electron chi connectivity index (χ2n) is 14.9. The van der Waals surface area contributed by atoms with Crippen molar-refractivity contribution in [3.05, 3.63) is 105 Å². The Kier molecular flexibility index (Phi) is 15.1. The summed E-state index contributed by atoms with van der Waals surface area (Å²) in [6, 6.07) is 17.6. The van der Waals surface area contributed by atoms with Crippen LogP contribution in [-0.2, 0) is 28.6 Å². The van der Waals surface area contributed by atoms with Gasteiger partial charge in [-0.3, -0.25) is 43.8 Å². The molecule has 2 aliphatic rings. The molecule has 344 valence electrons. The van der Waals surface area contributed by atoms with Crippen molar-refractivity contribution in [2.24, 2.45) is 5.73 Å². The van der Waals surface area contributed by atoms with Gasteiger partial charge in [-0.25, -0.2) is 0 Å². The van der Waals surface area contributed by atoms with Crippen LogP contribution < -0.4 is 36.0 Å². The van der Waals surface area contributed by atoms with Crippen LogP contribution in [0.25, 0.3) is 33.4 Å². The Hall–Kier alpha value is -7.12. The highest BCUT2D eigenvalue weighted by Crippen LogP contribution is 2.38. The molecule has 4 N–H and O–H groups in total. The lowest BCUT2D eigenvalue weighted by Crippen LogP contribution is -2.54. The number of rotatable bonds is 21. The first kappa shape index (κ1) is 46.9. The highest BCUT2D eigenvalue weighted by molar-refractivity contribution is 6.33. The Balaban J connectivity index is 0.818. The number of hydrogen-bond acceptors (Lipinski definition) is 14. The summed E-state index contributed by atoms with van der Waals surface area (Å²) in [5, 5.41) is 5.37. The molecule has 0 saturated carbocycles. The molecular formula is C47H45ClN4O14. The SMILES string of the molecule is CCOc1cc2oc(-c3ccc(OCCOCCOCCOCCOc4ccc5c(c4)C(=O)N(C4CCC(=O)NC4=O)C5=O)cc3Cl)cc(=O)c2cc1-c1cc(NC(C)=O)cc(C(N)=O)c1. The van der Waals surface area contributed by atoms with E-state index in [4.69, 9.17) is 50.2 Å². The summed E-state index contributed by atoms with van der Waals surface area (Å²) in [6.45, 7) is 5.61. The van der Waals surface area contributed by atoms with Crippen molar-refractivity contribution < 1.29 is 61.6 Å². The third-order valence-corrected chi connectivity index (χ3v) is 10.6. The maximum atomic E-state index is 13.5. The first-order valence-corrected chi connectivity index (χ1v) is 21.3. The summed E-state index contributed by atoms with van der Waals surface area (Å²) in [5.74, 6) is -1.91. The summed E-state index contributed by atoms with van der Waals surface area (Å²) >= 11 is 6.65. The Labute approximate surface area is 382 Å². The lowest BCUT2D eigenvalue weighted by Gasteiger charge is -2.27. The first-order valence-electron chi connectivity index (χ1n) is 20.9. The van der Waals surface area contributed by atoms with Gasteiger partial charge in [-0.2, -0.15) is 0 Å².